The van der Waals surface area contributed by atoms with Crippen LogP contribution >= 0.6 is 0 Å². The van der Waals surface area contributed by atoms with Gasteiger partial charge in [0, 0.05) is 31.5 Å². The minimum atomic E-state index is -4.59. The van der Waals surface area contributed by atoms with E-state index in [2.05, 4.69) is 15.3 Å². The standard InChI is InChI=1S/C18H17F3N4O2/c19-18(20,21)14-4-2-1-3-13(14)17(27)25-9-5-12(6-10-25)24-16(26)15-11-22-7-8-23-15/h1-4,7-8,11-12H,5-6,9-10H2,(H,24,26). The molecule has 1 aromatic carbocycles. The molecule has 1 aromatic heterocycles. The van der Waals surface area contributed by atoms with Crippen LogP contribution in [0.3, 0.4) is 0 Å². The summed E-state index contributed by atoms with van der Waals surface area (Å²) >= 11 is 0. The van der Waals surface area contributed by atoms with E-state index in [1.54, 1.807) is 0 Å². The fourth-order valence-electron chi connectivity index (χ4n) is 2.99. The first-order valence-corrected chi connectivity index (χ1v) is 8.38. The van der Waals surface area contributed by atoms with Gasteiger partial charge in [-0.15, -0.1) is 0 Å². The Morgan fingerprint density at radius 2 is 1.81 bits per heavy atom. The second-order valence-corrected chi connectivity index (χ2v) is 6.17. The van der Waals surface area contributed by atoms with Crippen LogP contribution in [0, 0.1) is 0 Å². The van der Waals surface area contributed by atoms with Gasteiger partial charge in [-0.05, 0) is 25.0 Å². The fraction of sp³-hybridized carbons (Fsp3) is 0.333. The molecule has 1 N–H and O–H groups in total. The molecular formula is C18H17F3N4O2. The highest BCUT2D eigenvalue weighted by molar-refractivity contribution is 5.96. The third-order valence-electron chi connectivity index (χ3n) is 4.38. The molecule has 1 aliphatic heterocycles. The van der Waals surface area contributed by atoms with E-state index in [9.17, 15) is 22.8 Å². The highest BCUT2D eigenvalue weighted by Gasteiger charge is 2.36. The predicted molar refractivity (Wildman–Crippen MR) is 89.9 cm³/mol. The smallest absolute Gasteiger partial charge is 0.348 e. The second kappa shape index (κ2) is 7.73. The van der Waals surface area contributed by atoms with Gasteiger partial charge < -0.3 is 10.2 Å². The summed E-state index contributed by atoms with van der Waals surface area (Å²) in [5, 5.41) is 2.81. The van der Waals surface area contributed by atoms with E-state index in [0.717, 1.165) is 6.07 Å². The minimum absolute atomic E-state index is 0.179. The molecule has 0 atom stereocenters. The Bertz CT molecular complexity index is 819. The van der Waals surface area contributed by atoms with Crippen molar-refractivity contribution in [3.05, 3.63) is 59.7 Å². The number of rotatable bonds is 3. The molecule has 2 amide bonds. The van der Waals surface area contributed by atoms with Crippen LogP contribution in [0.4, 0.5) is 13.2 Å². The van der Waals surface area contributed by atoms with Crippen molar-refractivity contribution in [2.24, 2.45) is 0 Å². The zero-order valence-electron chi connectivity index (χ0n) is 14.2. The summed E-state index contributed by atoms with van der Waals surface area (Å²) < 4.78 is 39.3. The van der Waals surface area contributed by atoms with Crippen molar-refractivity contribution in [1.82, 2.24) is 20.2 Å². The quantitative estimate of drug-likeness (QED) is 0.891. The number of nitrogens with one attached hydrogen (secondary N) is 1. The lowest BCUT2D eigenvalue weighted by Crippen LogP contribution is -2.47. The number of carbonyl (C=O) groups is 2. The summed E-state index contributed by atoms with van der Waals surface area (Å²) in [5.41, 5.74) is -1.10. The maximum absolute atomic E-state index is 13.1. The molecule has 0 aliphatic carbocycles. The monoisotopic (exact) mass is 378 g/mol. The summed E-state index contributed by atoms with van der Waals surface area (Å²) in [5.74, 6) is -1.02. The fourth-order valence-corrected chi connectivity index (χ4v) is 2.99. The summed E-state index contributed by atoms with van der Waals surface area (Å²) in [4.78, 5) is 33.7. The van der Waals surface area contributed by atoms with E-state index in [1.165, 1.54) is 41.7 Å². The first-order valence-electron chi connectivity index (χ1n) is 8.38. The summed E-state index contributed by atoms with van der Waals surface area (Å²) in [6.45, 7) is 0.521. The second-order valence-electron chi connectivity index (χ2n) is 6.17. The number of hydrogen-bond donors (Lipinski definition) is 1. The van der Waals surface area contributed by atoms with Gasteiger partial charge in [0.2, 0.25) is 0 Å². The lowest BCUT2D eigenvalue weighted by molar-refractivity contribution is -0.138. The minimum Gasteiger partial charge on any atom is -0.348 e. The average Bonchev–Trinajstić information content (AvgIpc) is 2.68. The Kier molecular flexibility index (Phi) is 5.38. The maximum Gasteiger partial charge on any atom is 0.417 e. The summed E-state index contributed by atoms with van der Waals surface area (Å²) in [6.07, 6.45) is 0.531. The lowest BCUT2D eigenvalue weighted by atomic mass is 10.0. The first-order chi connectivity index (χ1) is 12.9. The van der Waals surface area contributed by atoms with Crippen molar-refractivity contribution < 1.29 is 22.8 Å². The third kappa shape index (κ3) is 4.42. The molecule has 0 radical (unpaired) electrons. The molecule has 3 rings (SSSR count). The number of piperidine rings is 1. The number of aromatic nitrogens is 2. The van der Waals surface area contributed by atoms with E-state index < -0.39 is 17.6 Å². The Balaban J connectivity index is 1.61. The zero-order valence-corrected chi connectivity index (χ0v) is 14.2. The molecular weight excluding hydrogens is 361 g/mol. The highest BCUT2D eigenvalue weighted by atomic mass is 19.4. The van der Waals surface area contributed by atoms with Gasteiger partial charge in [0.15, 0.2) is 0 Å². The van der Waals surface area contributed by atoms with E-state index in [1.807, 2.05) is 0 Å². The van der Waals surface area contributed by atoms with Crippen LogP contribution in [-0.2, 0) is 6.18 Å². The van der Waals surface area contributed by atoms with Crippen molar-refractivity contribution in [3.63, 3.8) is 0 Å². The van der Waals surface area contributed by atoms with Crippen LogP contribution in [0.25, 0.3) is 0 Å². The number of halogens is 3. The Morgan fingerprint density at radius 3 is 2.44 bits per heavy atom. The normalized spacial score (nSPS) is 15.4. The SMILES string of the molecule is O=C(NC1CCN(C(=O)c2ccccc2C(F)(F)F)CC1)c1cnccn1. The highest BCUT2D eigenvalue weighted by Crippen LogP contribution is 2.32. The molecule has 27 heavy (non-hydrogen) atoms. The van der Waals surface area contributed by atoms with E-state index in [4.69, 9.17) is 0 Å². The van der Waals surface area contributed by atoms with Gasteiger partial charge in [0.25, 0.3) is 11.8 Å². The molecule has 0 saturated carbocycles. The molecule has 1 aliphatic rings. The van der Waals surface area contributed by atoms with Gasteiger partial charge in [-0.25, -0.2) is 4.98 Å². The van der Waals surface area contributed by atoms with Crippen LogP contribution in [0.2, 0.25) is 0 Å². The molecule has 1 fully saturated rings. The number of nitrogens with zero attached hydrogens (tertiary/aromatic N) is 3. The van der Waals surface area contributed by atoms with Crippen LogP contribution in [0.15, 0.2) is 42.9 Å². The van der Waals surface area contributed by atoms with E-state index in [0.29, 0.717) is 12.8 Å². The van der Waals surface area contributed by atoms with Crippen LogP contribution < -0.4 is 5.32 Å². The van der Waals surface area contributed by atoms with Gasteiger partial charge in [-0.2, -0.15) is 13.2 Å². The summed E-state index contributed by atoms with van der Waals surface area (Å²) in [6, 6.07) is 4.58. The van der Waals surface area contributed by atoms with E-state index >= 15 is 0 Å². The maximum atomic E-state index is 13.1. The van der Waals surface area contributed by atoms with Crippen LogP contribution in [-0.4, -0.2) is 45.8 Å². The van der Waals surface area contributed by atoms with Gasteiger partial charge in [0.1, 0.15) is 5.69 Å². The van der Waals surface area contributed by atoms with Gasteiger partial charge in [-0.3, -0.25) is 14.6 Å². The van der Waals surface area contributed by atoms with Crippen molar-refractivity contribution in [1.29, 1.82) is 0 Å². The van der Waals surface area contributed by atoms with Gasteiger partial charge >= 0.3 is 6.18 Å². The molecule has 6 nitrogen and oxygen atoms in total. The van der Waals surface area contributed by atoms with Crippen molar-refractivity contribution in [3.8, 4) is 0 Å². The third-order valence-corrected chi connectivity index (χ3v) is 4.38. The topological polar surface area (TPSA) is 75.2 Å². The molecule has 0 spiro atoms. The molecule has 0 bridgehead atoms. The number of likely N-dealkylation sites (tertiary alicyclic amines) is 1. The van der Waals surface area contributed by atoms with E-state index in [-0.39, 0.29) is 36.3 Å². The molecule has 1 saturated heterocycles. The van der Waals surface area contributed by atoms with Gasteiger partial charge in [0.05, 0.1) is 17.3 Å². The molecule has 2 heterocycles. The Hall–Kier alpha value is -2.97. The van der Waals surface area contributed by atoms with Crippen LogP contribution in [0.5, 0.6) is 0 Å². The number of amides is 2. The molecule has 142 valence electrons. The van der Waals surface area contributed by atoms with Crippen molar-refractivity contribution >= 4 is 11.8 Å². The molecule has 0 unspecified atom stereocenters. The zero-order chi connectivity index (χ0) is 19.4. The van der Waals surface area contributed by atoms with Crippen molar-refractivity contribution in [2.45, 2.75) is 25.1 Å². The first kappa shape index (κ1) is 18.8. The number of benzene rings is 1. The molecule has 2 aromatic rings. The summed E-state index contributed by atoms with van der Waals surface area (Å²) in [7, 11) is 0. The van der Waals surface area contributed by atoms with Crippen LogP contribution in [0.1, 0.15) is 39.3 Å². The number of alkyl halides is 3. The largest absolute Gasteiger partial charge is 0.417 e. The Labute approximate surface area is 153 Å². The average molecular weight is 378 g/mol. The van der Waals surface area contributed by atoms with Crippen molar-refractivity contribution in [2.75, 3.05) is 13.1 Å². The van der Waals surface area contributed by atoms with Gasteiger partial charge in [-0.1, -0.05) is 12.1 Å². The number of hydrogen-bond acceptors (Lipinski definition) is 4. The Morgan fingerprint density at radius 1 is 1.11 bits per heavy atom. The lowest BCUT2D eigenvalue weighted by Gasteiger charge is -2.32. The predicted octanol–water partition coefficient (Wildman–Crippen LogP) is 2.53. The molecule has 9 heteroatoms. The number of carbonyl (C=O) groups excluding carboxylic acids is 2.